The summed E-state index contributed by atoms with van der Waals surface area (Å²) in [6, 6.07) is 0. The van der Waals surface area contributed by atoms with E-state index in [-0.39, 0.29) is 6.29 Å². The zero-order valence-electron chi connectivity index (χ0n) is 6.72. The molecule has 1 heterocycles. The lowest BCUT2D eigenvalue weighted by atomic mass is 10.4. The van der Waals surface area contributed by atoms with Gasteiger partial charge in [-0.2, -0.15) is 0 Å². The van der Waals surface area contributed by atoms with Crippen molar-refractivity contribution in [2.24, 2.45) is 0 Å². The van der Waals surface area contributed by atoms with Gasteiger partial charge in [0.25, 0.3) is 0 Å². The molecular weight excluding hydrogens is 148 g/mol. The Morgan fingerprint density at radius 3 is 2.40 bits per heavy atom. The summed E-state index contributed by atoms with van der Waals surface area (Å²) in [6.07, 6.45) is 1.03. The molecular formula is C6H14O3Si. The van der Waals surface area contributed by atoms with Crippen LogP contribution in [-0.2, 0) is 13.6 Å². The van der Waals surface area contributed by atoms with Crippen molar-refractivity contribution < 1.29 is 13.6 Å². The molecule has 1 aliphatic rings. The summed E-state index contributed by atoms with van der Waals surface area (Å²) in [5, 5.41) is 0. The van der Waals surface area contributed by atoms with Crippen LogP contribution in [0.25, 0.3) is 0 Å². The van der Waals surface area contributed by atoms with E-state index in [9.17, 15) is 0 Å². The molecule has 1 aliphatic heterocycles. The number of hydrogen-bond acceptors (Lipinski definition) is 3. The Morgan fingerprint density at radius 2 is 2.10 bits per heavy atom. The Morgan fingerprint density at radius 1 is 1.50 bits per heavy atom. The lowest BCUT2D eigenvalue weighted by molar-refractivity contribution is -0.177. The number of hydrogen-bond donors (Lipinski definition) is 0. The third-order valence-corrected chi connectivity index (χ3v) is 3.38. The topological polar surface area (TPSA) is 27.7 Å². The van der Waals surface area contributed by atoms with Gasteiger partial charge in [-0.05, 0) is 13.1 Å². The minimum atomic E-state index is -1.84. The van der Waals surface area contributed by atoms with Gasteiger partial charge in [-0.1, -0.05) is 0 Å². The first kappa shape index (κ1) is 8.20. The summed E-state index contributed by atoms with van der Waals surface area (Å²) in [5.41, 5.74) is 0. The molecule has 10 heavy (non-hydrogen) atoms. The van der Waals surface area contributed by atoms with Crippen LogP contribution in [-0.4, -0.2) is 28.6 Å². The van der Waals surface area contributed by atoms with Crippen LogP contribution in [0.1, 0.15) is 6.42 Å². The van der Waals surface area contributed by atoms with Gasteiger partial charge in [0, 0.05) is 13.5 Å². The molecule has 0 spiro atoms. The van der Waals surface area contributed by atoms with Crippen molar-refractivity contribution in [3.8, 4) is 0 Å². The standard InChI is InChI=1S/C6H14O3Si/c1-7-10(2,3)9-6-4-5-8-6/h6H,4-5H2,1-3H3. The van der Waals surface area contributed by atoms with Gasteiger partial charge in [0.2, 0.25) is 0 Å². The van der Waals surface area contributed by atoms with Crippen LogP contribution in [0, 0.1) is 0 Å². The van der Waals surface area contributed by atoms with Crippen LogP contribution in [0.2, 0.25) is 13.1 Å². The van der Waals surface area contributed by atoms with Gasteiger partial charge in [0.15, 0.2) is 6.29 Å². The summed E-state index contributed by atoms with van der Waals surface area (Å²) in [5.74, 6) is 0. The molecule has 1 atom stereocenters. The second-order valence-electron chi connectivity index (χ2n) is 2.81. The summed E-state index contributed by atoms with van der Waals surface area (Å²) in [7, 11) is -0.150. The van der Waals surface area contributed by atoms with Gasteiger partial charge < -0.3 is 13.6 Å². The predicted molar refractivity (Wildman–Crippen MR) is 39.9 cm³/mol. The molecule has 3 nitrogen and oxygen atoms in total. The first-order chi connectivity index (χ1) is 4.64. The fraction of sp³-hybridized carbons (Fsp3) is 1.00. The maximum Gasteiger partial charge on any atom is 0.333 e. The first-order valence-electron chi connectivity index (χ1n) is 3.48. The van der Waals surface area contributed by atoms with E-state index >= 15 is 0 Å². The molecule has 0 aromatic rings. The average molecular weight is 162 g/mol. The molecule has 0 aromatic carbocycles. The van der Waals surface area contributed by atoms with Crippen molar-refractivity contribution in [2.75, 3.05) is 13.7 Å². The van der Waals surface area contributed by atoms with Crippen LogP contribution in [0.15, 0.2) is 0 Å². The molecule has 0 aliphatic carbocycles. The maximum atomic E-state index is 5.52. The van der Waals surface area contributed by atoms with E-state index in [4.69, 9.17) is 13.6 Å². The van der Waals surface area contributed by atoms with E-state index in [1.807, 2.05) is 13.1 Å². The molecule has 1 fully saturated rings. The lowest BCUT2D eigenvalue weighted by Gasteiger charge is -2.32. The molecule has 0 amide bonds. The van der Waals surface area contributed by atoms with Crippen molar-refractivity contribution in [3.05, 3.63) is 0 Å². The highest BCUT2D eigenvalue weighted by Crippen LogP contribution is 2.18. The summed E-state index contributed by atoms with van der Waals surface area (Å²) in [6.45, 7) is 4.85. The van der Waals surface area contributed by atoms with Gasteiger partial charge in [0.1, 0.15) is 0 Å². The van der Waals surface area contributed by atoms with E-state index in [1.54, 1.807) is 7.11 Å². The summed E-state index contributed by atoms with van der Waals surface area (Å²) >= 11 is 0. The predicted octanol–water partition coefficient (Wildman–Crippen LogP) is 1.10. The molecule has 0 aromatic heterocycles. The van der Waals surface area contributed by atoms with E-state index in [0.717, 1.165) is 13.0 Å². The van der Waals surface area contributed by atoms with Gasteiger partial charge in [-0.25, -0.2) is 0 Å². The molecule has 60 valence electrons. The van der Waals surface area contributed by atoms with Crippen LogP contribution in [0.5, 0.6) is 0 Å². The van der Waals surface area contributed by atoms with Crippen molar-refractivity contribution in [1.82, 2.24) is 0 Å². The van der Waals surface area contributed by atoms with Crippen LogP contribution >= 0.6 is 0 Å². The Bertz CT molecular complexity index is 112. The number of rotatable bonds is 3. The Kier molecular flexibility index (Phi) is 2.46. The minimum absolute atomic E-state index is 0.0154. The molecule has 0 saturated carbocycles. The third kappa shape index (κ3) is 2.05. The van der Waals surface area contributed by atoms with E-state index < -0.39 is 8.56 Å². The fourth-order valence-corrected chi connectivity index (χ4v) is 1.59. The molecule has 1 rings (SSSR count). The van der Waals surface area contributed by atoms with E-state index in [0.29, 0.717) is 0 Å². The second-order valence-corrected chi connectivity index (χ2v) is 6.25. The largest absolute Gasteiger partial charge is 0.398 e. The molecule has 1 unspecified atom stereocenters. The Hall–Kier alpha value is 0.0969. The molecule has 0 radical (unpaired) electrons. The highest BCUT2D eigenvalue weighted by molar-refractivity contribution is 6.64. The van der Waals surface area contributed by atoms with Crippen molar-refractivity contribution in [2.45, 2.75) is 25.8 Å². The molecule has 0 N–H and O–H groups in total. The quantitative estimate of drug-likeness (QED) is 0.582. The minimum Gasteiger partial charge on any atom is -0.398 e. The van der Waals surface area contributed by atoms with Gasteiger partial charge in [-0.3, -0.25) is 0 Å². The van der Waals surface area contributed by atoms with Crippen molar-refractivity contribution in [1.29, 1.82) is 0 Å². The lowest BCUT2D eigenvalue weighted by Crippen LogP contribution is -2.43. The maximum absolute atomic E-state index is 5.52. The normalized spacial score (nSPS) is 26.1. The van der Waals surface area contributed by atoms with Gasteiger partial charge >= 0.3 is 8.56 Å². The zero-order chi connectivity index (χ0) is 7.61. The Balaban J connectivity index is 2.21. The summed E-state index contributed by atoms with van der Waals surface area (Å²) in [4.78, 5) is 0. The fourth-order valence-electron chi connectivity index (χ4n) is 0.672. The average Bonchev–Trinajstić information content (AvgIpc) is 1.80. The van der Waals surface area contributed by atoms with E-state index in [1.165, 1.54) is 0 Å². The van der Waals surface area contributed by atoms with Crippen LogP contribution in [0.3, 0.4) is 0 Å². The van der Waals surface area contributed by atoms with Gasteiger partial charge in [0.05, 0.1) is 6.61 Å². The highest BCUT2D eigenvalue weighted by Gasteiger charge is 2.30. The van der Waals surface area contributed by atoms with Crippen molar-refractivity contribution >= 4 is 8.56 Å². The number of ether oxygens (including phenoxy) is 1. The monoisotopic (exact) mass is 162 g/mol. The zero-order valence-corrected chi connectivity index (χ0v) is 7.72. The van der Waals surface area contributed by atoms with Gasteiger partial charge in [-0.15, -0.1) is 0 Å². The SMILES string of the molecule is CO[Si](C)(C)OC1CCO1. The Labute approximate surface area is 62.5 Å². The molecule has 4 heteroatoms. The molecule has 0 bridgehead atoms. The van der Waals surface area contributed by atoms with E-state index in [2.05, 4.69) is 0 Å². The van der Waals surface area contributed by atoms with Crippen LogP contribution in [0.4, 0.5) is 0 Å². The molecule has 1 saturated heterocycles. The second kappa shape index (κ2) is 3.00. The van der Waals surface area contributed by atoms with Crippen molar-refractivity contribution in [3.63, 3.8) is 0 Å². The smallest absolute Gasteiger partial charge is 0.333 e. The first-order valence-corrected chi connectivity index (χ1v) is 6.30. The summed E-state index contributed by atoms with van der Waals surface area (Å²) < 4.78 is 15.8. The van der Waals surface area contributed by atoms with Crippen LogP contribution < -0.4 is 0 Å². The highest BCUT2D eigenvalue weighted by atomic mass is 28.4. The third-order valence-electron chi connectivity index (χ3n) is 1.56.